The summed E-state index contributed by atoms with van der Waals surface area (Å²) in [4.78, 5) is 78.1. The Balaban J connectivity index is 0.984. The van der Waals surface area contributed by atoms with Crippen molar-refractivity contribution in [2.45, 2.75) is 144 Å². The maximum atomic E-state index is 16.3. The van der Waals surface area contributed by atoms with E-state index in [1.165, 1.54) is 21.3 Å². The van der Waals surface area contributed by atoms with E-state index in [1.807, 2.05) is 90.1 Å². The van der Waals surface area contributed by atoms with Crippen molar-refractivity contribution in [2.24, 2.45) is 0 Å². The summed E-state index contributed by atoms with van der Waals surface area (Å²) in [5, 5.41) is 8.01. The molecule has 2 unspecified atom stereocenters. The lowest BCUT2D eigenvalue weighted by atomic mass is 9.87. The molecule has 6 aromatic rings. The van der Waals surface area contributed by atoms with Crippen molar-refractivity contribution in [3.05, 3.63) is 118 Å². The Morgan fingerprint density at radius 1 is 0.463 bits per heavy atom. The first-order valence-corrected chi connectivity index (χ1v) is 28.3. The molecule has 6 heterocycles. The van der Waals surface area contributed by atoms with Crippen LogP contribution in [0.2, 0.25) is 0 Å². The standard InChI is InChI=1S/C63H76F2N8O9/c1-60(2,3)79-56(75)70-25-21-68(22-26-70)35-37-13-19-47-39(29-37)31-49(72(47)58(77)81-62(7,8)9)41-15-17-45(64)43-33-66-53(51(41)43)55(74)54-52-42(16-18-46(65)44(52)34-67-54)50-32-40-30-38(14-20-48(40)73(50)59(78)82-63(10,11)12)36-69-23-27-71(28-24-69)57(76)80-61(4,5)6/h13-20,29-32,53-54,66-67H,21-28,33-36H2,1-12H3. The molecule has 2 amide bonds. The number of rotatable bonds is 8. The summed E-state index contributed by atoms with van der Waals surface area (Å²) in [6, 6.07) is 19.0. The van der Waals surface area contributed by atoms with Gasteiger partial charge in [-0.1, -0.05) is 12.1 Å². The van der Waals surface area contributed by atoms with Crippen molar-refractivity contribution >= 4 is 52.0 Å². The highest BCUT2D eigenvalue weighted by Crippen LogP contribution is 2.45. The quantitative estimate of drug-likeness (QED) is 0.138. The third-order valence-electron chi connectivity index (χ3n) is 15.0. The molecule has 0 spiro atoms. The average molecular weight is 1130 g/mol. The highest BCUT2D eigenvalue weighted by molar-refractivity contribution is 6.02. The van der Waals surface area contributed by atoms with Crippen LogP contribution in [0.25, 0.3) is 44.3 Å². The summed E-state index contributed by atoms with van der Waals surface area (Å²) in [5.41, 5.74) is 2.92. The molecular weight excluding hydrogens is 1050 g/mol. The maximum absolute atomic E-state index is 16.3. The minimum Gasteiger partial charge on any atom is -0.444 e. The number of aromatic nitrogens is 2. The molecule has 0 bridgehead atoms. The fraction of sp³-hybridized carbons (Fsp3) is 0.476. The van der Waals surface area contributed by atoms with Gasteiger partial charge in [-0.2, -0.15) is 0 Å². The highest BCUT2D eigenvalue weighted by atomic mass is 19.1. The number of nitrogens with zero attached hydrogens (tertiary/aromatic N) is 6. The number of halogens is 2. The first kappa shape index (κ1) is 58.0. The van der Waals surface area contributed by atoms with Gasteiger partial charge in [-0.25, -0.2) is 37.1 Å². The second-order valence-corrected chi connectivity index (χ2v) is 26.0. The van der Waals surface area contributed by atoms with Crippen molar-refractivity contribution in [1.82, 2.24) is 39.4 Å². The summed E-state index contributed by atoms with van der Waals surface area (Å²) >= 11 is 0. The number of ketones is 1. The van der Waals surface area contributed by atoms with Crippen LogP contribution in [0.1, 0.15) is 129 Å². The van der Waals surface area contributed by atoms with Crippen molar-refractivity contribution < 1.29 is 51.7 Å². The van der Waals surface area contributed by atoms with Crippen LogP contribution >= 0.6 is 0 Å². The minimum atomic E-state index is -1.13. The normalized spacial score (nSPS) is 18.2. The van der Waals surface area contributed by atoms with Crippen molar-refractivity contribution in [3.8, 4) is 22.5 Å². The van der Waals surface area contributed by atoms with Gasteiger partial charge in [-0.05, 0) is 166 Å². The summed E-state index contributed by atoms with van der Waals surface area (Å²) in [6.07, 6.45) is -1.99. The SMILES string of the molecule is CC(C)(C)OC(=O)N1CCN(Cc2ccc3c(c2)cc(-c2ccc(F)c4c2C(C(=O)C2NCc5c(F)ccc(-c6cc7cc(CN8CCN(C(=O)OC(C)(C)C)CC8)ccc7n6C(=O)OC(C)(C)C)c52)NC4)n3C(=O)OC(C)(C)C)CC1. The molecule has 17 nitrogen and oxygen atoms in total. The van der Waals surface area contributed by atoms with E-state index in [-0.39, 0.29) is 36.4 Å². The van der Waals surface area contributed by atoms with Crippen molar-refractivity contribution in [1.29, 1.82) is 0 Å². The van der Waals surface area contributed by atoms with Gasteiger partial charge in [0.2, 0.25) is 0 Å². The zero-order chi connectivity index (χ0) is 59.0. The smallest absolute Gasteiger partial charge is 0.419 e. The van der Waals surface area contributed by atoms with Crippen LogP contribution in [-0.4, -0.2) is 134 Å². The highest BCUT2D eigenvalue weighted by Gasteiger charge is 2.43. The van der Waals surface area contributed by atoms with Gasteiger partial charge in [-0.3, -0.25) is 25.2 Å². The Bertz CT molecular complexity index is 3280. The van der Waals surface area contributed by atoms with E-state index in [0.717, 1.165) is 21.9 Å². The first-order valence-electron chi connectivity index (χ1n) is 28.3. The molecule has 19 heteroatoms. The van der Waals surface area contributed by atoms with Crippen LogP contribution in [-0.2, 0) is 49.9 Å². The average Bonchev–Trinajstić information content (AvgIpc) is 2.17. The van der Waals surface area contributed by atoms with Gasteiger partial charge in [0.25, 0.3) is 0 Å². The number of Topliss-reactive ketones (excluding diaryl/α,β-unsaturated/α-hetero) is 1. The first-order chi connectivity index (χ1) is 38.5. The molecule has 82 heavy (non-hydrogen) atoms. The molecule has 0 radical (unpaired) electrons. The number of hydrogen-bond donors (Lipinski definition) is 2. The van der Waals surface area contributed by atoms with E-state index >= 15 is 13.6 Å². The van der Waals surface area contributed by atoms with Crippen LogP contribution in [0, 0.1) is 11.6 Å². The number of amides is 2. The number of hydrogen-bond acceptors (Lipinski definition) is 13. The second-order valence-electron chi connectivity index (χ2n) is 26.0. The van der Waals surface area contributed by atoms with E-state index in [1.54, 1.807) is 63.5 Å². The van der Waals surface area contributed by atoms with Crippen LogP contribution < -0.4 is 10.6 Å². The van der Waals surface area contributed by atoms with E-state index in [0.29, 0.717) is 110 Å². The van der Waals surface area contributed by atoms with Crippen LogP contribution in [0.3, 0.4) is 0 Å². The van der Waals surface area contributed by atoms with Gasteiger partial charge in [0.1, 0.15) is 34.0 Å². The Morgan fingerprint density at radius 3 is 1.15 bits per heavy atom. The number of nitrogens with one attached hydrogen (secondary N) is 2. The molecule has 4 aromatic carbocycles. The fourth-order valence-corrected chi connectivity index (χ4v) is 11.5. The zero-order valence-corrected chi connectivity index (χ0v) is 49.2. The van der Waals surface area contributed by atoms with Gasteiger partial charge in [0.15, 0.2) is 5.78 Å². The van der Waals surface area contributed by atoms with Crippen molar-refractivity contribution in [3.63, 3.8) is 0 Å². The number of ether oxygens (including phenoxy) is 4. The largest absolute Gasteiger partial charge is 0.444 e. The van der Waals surface area contributed by atoms with Crippen LogP contribution in [0.4, 0.5) is 28.0 Å². The predicted octanol–water partition coefficient (Wildman–Crippen LogP) is 11.4. The van der Waals surface area contributed by atoms with E-state index < -0.39 is 64.1 Å². The Hall–Kier alpha value is -7.19. The zero-order valence-electron chi connectivity index (χ0n) is 49.2. The Kier molecular flexibility index (Phi) is 15.5. The maximum Gasteiger partial charge on any atom is 0.419 e. The number of carbonyl (C=O) groups is 5. The summed E-state index contributed by atoms with van der Waals surface area (Å²) in [6.45, 7) is 27.5. The fourth-order valence-electron chi connectivity index (χ4n) is 11.5. The number of piperazine rings is 2. The third kappa shape index (κ3) is 12.3. The van der Waals surface area contributed by atoms with E-state index in [4.69, 9.17) is 18.9 Å². The minimum absolute atomic E-state index is 0.00630. The van der Waals surface area contributed by atoms with Gasteiger partial charge in [0, 0.05) is 112 Å². The lowest BCUT2D eigenvalue weighted by molar-refractivity contribution is -0.123. The van der Waals surface area contributed by atoms with Gasteiger partial charge in [-0.15, -0.1) is 0 Å². The van der Waals surface area contributed by atoms with Crippen LogP contribution in [0.5, 0.6) is 0 Å². The summed E-state index contributed by atoms with van der Waals surface area (Å²) in [7, 11) is 0. The third-order valence-corrected chi connectivity index (χ3v) is 15.0. The summed E-state index contributed by atoms with van der Waals surface area (Å²) in [5.74, 6) is -1.49. The van der Waals surface area contributed by atoms with Crippen LogP contribution in [0.15, 0.2) is 72.8 Å². The predicted molar refractivity (Wildman–Crippen MR) is 308 cm³/mol. The number of benzene rings is 4. The summed E-state index contributed by atoms with van der Waals surface area (Å²) < 4.78 is 58.7. The molecule has 4 aliphatic heterocycles. The number of carbonyl (C=O) groups excluding carboxylic acids is 5. The number of fused-ring (bicyclic) bond motifs is 4. The lowest BCUT2D eigenvalue weighted by Crippen LogP contribution is -2.49. The van der Waals surface area contributed by atoms with Gasteiger partial charge < -0.3 is 28.7 Å². The topological polar surface area (TPSA) is 169 Å². The molecule has 0 saturated carbocycles. The molecule has 436 valence electrons. The van der Waals surface area contributed by atoms with E-state index in [2.05, 4.69) is 20.4 Å². The van der Waals surface area contributed by atoms with E-state index in [9.17, 15) is 19.2 Å². The molecule has 2 aromatic heterocycles. The van der Waals surface area contributed by atoms with Crippen molar-refractivity contribution in [2.75, 3.05) is 52.4 Å². The molecule has 4 aliphatic rings. The second kappa shape index (κ2) is 21.9. The molecule has 2 fully saturated rings. The monoisotopic (exact) mass is 1130 g/mol. The van der Waals surface area contributed by atoms with Gasteiger partial charge >= 0.3 is 24.4 Å². The lowest BCUT2D eigenvalue weighted by Gasteiger charge is -2.35. The van der Waals surface area contributed by atoms with Gasteiger partial charge in [0.05, 0.1) is 34.5 Å². The molecule has 2 N–H and O–H groups in total. The Labute approximate surface area is 477 Å². The molecule has 2 atom stereocenters. The molecule has 10 rings (SSSR count). The molecule has 2 saturated heterocycles. The Morgan fingerprint density at radius 2 is 0.805 bits per heavy atom. The molecular formula is C63H76F2N8O9. The molecule has 0 aliphatic carbocycles.